The van der Waals surface area contributed by atoms with Crippen LogP contribution in [0.4, 0.5) is 13.2 Å². The van der Waals surface area contributed by atoms with E-state index in [0.29, 0.717) is 0 Å². The molecule has 18 heavy (non-hydrogen) atoms. The van der Waals surface area contributed by atoms with Gasteiger partial charge >= 0.3 is 6.18 Å². The monoisotopic (exact) mass is 260 g/mol. The Hall–Kier alpha value is -2.14. The van der Waals surface area contributed by atoms with Gasteiger partial charge in [-0.1, -0.05) is 12.1 Å². The molecule has 1 atom stereocenters. The highest BCUT2D eigenvalue weighted by molar-refractivity contribution is 5.34. The highest BCUT2D eigenvalue weighted by atomic mass is 19.4. The fraction of sp³-hybridized carbons (Fsp3) is 0.300. The summed E-state index contributed by atoms with van der Waals surface area (Å²) in [4.78, 5) is 9.01. The molecule has 0 heterocycles. The molecule has 0 spiro atoms. The van der Waals surface area contributed by atoms with Gasteiger partial charge in [-0.15, -0.1) is 0 Å². The van der Waals surface area contributed by atoms with Crippen molar-refractivity contribution >= 4 is 0 Å². The number of nitrogens with zero attached hydrogens (tertiary/aromatic N) is 2. The normalized spacial score (nSPS) is 14.6. The molecule has 0 bridgehead atoms. The third kappa shape index (κ3) is 2.57. The van der Waals surface area contributed by atoms with Crippen molar-refractivity contribution in [3.63, 3.8) is 0 Å². The number of alkyl halides is 3. The van der Waals surface area contributed by atoms with Gasteiger partial charge in [0.25, 0.3) is 5.60 Å². The summed E-state index contributed by atoms with van der Waals surface area (Å²) >= 11 is 0. The van der Waals surface area contributed by atoms with E-state index in [1.807, 2.05) is 0 Å². The van der Waals surface area contributed by atoms with Gasteiger partial charge in [-0.2, -0.15) is 18.4 Å². The van der Waals surface area contributed by atoms with Crippen LogP contribution >= 0.6 is 0 Å². The van der Waals surface area contributed by atoms with Gasteiger partial charge in [-0.3, -0.25) is 10.1 Å². The maximum atomic E-state index is 12.7. The summed E-state index contributed by atoms with van der Waals surface area (Å²) in [6.07, 6.45) is -5.19. The van der Waals surface area contributed by atoms with Crippen LogP contribution < -0.4 is 0 Å². The largest absolute Gasteiger partial charge is 0.428 e. The Morgan fingerprint density at radius 1 is 1.33 bits per heavy atom. The van der Waals surface area contributed by atoms with Crippen molar-refractivity contribution in [3.05, 3.63) is 45.5 Å². The van der Waals surface area contributed by atoms with Crippen molar-refractivity contribution in [1.82, 2.24) is 0 Å². The number of hydrogen-bond acceptors (Lipinski definition) is 4. The van der Waals surface area contributed by atoms with Crippen molar-refractivity contribution in [1.29, 1.82) is 5.26 Å². The van der Waals surface area contributed by atoms with Gasteiger partial charge in [-0.25, -0.2) is 0 Å². The molecule has 0 aliphatic carbocycles. The van der Waals surface area contributed by atoms with Crippen LogP contribution in [0.15, 0.2) is 24.3 Å². The van der Waals surface area contributed by atoms with Crippen LogP contribution in [0, 0.1) is 21.4 Å². The van der Waals surface area contributed by atoms with Gasteiger partial charge in [0.15, 0.2) is 0 Å². The van der Waals surface area contributed by atoms with Crippen molar-refractivity contribution in [3.8, 4) is 6.07 Å². The summed E-state index contributed by atoms with van der Waals surface area (Å²) < 4.78 is 38.1. The smallest absolute Gasteiger partial charge is 0.371 e. The molecule has 8 heteroatoms. The minimum Gasteiger partial charge on any atom is -0.371 e. The molecule has 0 fully saturated rings. The molecule has 0 aromatic heterocycles. The van der Waals surface area contributed by atoms with E-state index in [2.05, 4.69) is 0 Å². The van der Waals surface area contributed by atoms with E-state index in [9.17, 15) is 28.4 Å². The second-order valence-electron chi connectivity index (χ2n) is 3.54. The fourth-order valence-electron chi connectivity index (χ4n) is 1.35. The first-order chi connectivity index (χ1) is 8.20. The molecule has 5 nitrogen and oxygen atoms in total. The predicted octanol–water partition coefficient (Wildman–Crippen LogP) is 1.58. The molecular weight excluding hydrogens is 253 g/mol. The number of nitro groups is 1. The first-order valence-electron chi connectivity index (χ1n) is 4.62. The average molecular weight is 260 g/mol. The van der Waals surface area contributed by atoms with Gasteiger partial charge in [0, 0.05) is 4.92 Å². The Morgan fingerprint density at radius 2 is 1.83 bits per heavy atom. The minimum atomic E-state index is -5.19. The van der Waals surface area contributed by atoms with E-state index < -0.39 is 28.8 Å². The molecule has 0 saturated heterocycles. The number of nitriles is 1. The number of hydrogen-bond donors (Lipinski definition) is 1. The van der Waals surface area contributed by atoms with Crippen LogP contribution in [0.3, 0.4) is 0 Å². The Morgan fingerprint density at radius 3 is 2.17 bits per heavy atom. The van der Waals surface area contributed by atoms with E-state index in [4.69, 9.17) is 5.26 Å². The average Bonchev–Trinajstić information content (AvgIpc) is 2.26. The highest BCUT2D eigenvalue weighted by Gasteiger charge is 2.58. The molecule has 0 unspecified atom stereocenters. The third-order valence-electron chi connectivity index (χ3n) is 2.32. The Balaban J connectivity index is 3.26. The van der Waals surface area contributed by atoms with Crippen molar-refractivity contribution in [2.24, 2.45) is 0 Å². The Kier molecular flexibility index (Phi) is 3.57. The standard InChI is InChI=1S/C10H7F3N2O3/c11-10(12,13)9(16,6-15(17)18)8-3-1-7(5-14)2-4-8/h1-4,16H,6H2/t9-/m1/s1. The van der Waals surface area contributed by atoms with Gasteiger partial charge in [0.1, 0.15) is 0 Å². The molecule has 0 amide bonds. The molecule has 0 aliphatic heterocycles. The zero-order chi connectivity index (χ0) is 14.0. The third-order valence-corrected chi connectivity index (χ3v) is 2.32. The molecule has 1 N–H and O–H groups in total. The molecule has 0 aliphatic rings. The second kappa shape index (κ2) is 4.62. The van der Waals surface area contributed by atoms with Crippen LogP contribution in [0.1, 0.15) is 11.1 Å². The van der Waals surface area contributed by atoms with Crippen molar-refractivity contribution in [2.75, 3.05) is 6.54 Å². The van der Waals surface area contributed by atoms with E-state index in [0.717, 1.165) is 24.3 Å². The Labute approximate surface area is 99.2 Å². The summed E-state index contributed by atoms with van der Waals surface area (Å²) in [5.74, 6) is 0. The second-order valence-corrected chi connectivity index (χ2v) is 3.54. The number of benzene rings is 1. The lowest BCUT2D eigenvalue weighted by molar-refractivity contribution is -0.519. The van der Waals surface area contributed by atoms with Gasteiger partial charge in [0.05, 0.1) is 11.6 Å². The lowest BCUT2D eigenvalue weighted by atomic mass is 9.92. The molecule has 96 valence electrons. The van der Waals surface area contributed by atoms with Crippen LogP contribution in [0.2, 0.25) is 0 Å². The van der Waals surface area contributed by atoms with Crippen LogP contribution in [-0.4, -0.2) is 22.8 Å². The molecule has 1 aromatic carbocycles. The van der Waals surface area contributed by atoms with Crippen LogP contribution in [0.25, 0.3) is 0 Å². The quantitative estimate of drug-likeness (QED) is 0.660. The van der Waals surface area contributed by atoms with Crippen LogP contribution in [-0.2, 0) is 5.60 Å². The molecule has 1 rings (SSSR count). The first kappa shape index (κ1) is 13.9. The zero-order valence-electron chi connectivity index (χ0n) is 8.81. The Bertz CT molecular complexity index is 493. The summed E-state index contributed by atoms with van der Waals surface area (Å²) in [5.41, 5.74) is -4.15. The lowest BCUT2D eigenvalue weighted by Crippen LogP contribution is -2.47. The van der Waals surface area contributed by atoms with Crippen molar-refractivity contribution < 1.29 is 23.2 Å². The van der Waals surface area contributed by atoms with E-state index in [1.54, 1.807) is 6.07 Å². The summed E-state index contributed by atoms with van der Waals surface area (Å²) in [7, 11) is 0. The van der Waals surface area contributed by atoms with Gasteiger partial charge in [-0.05, 0) is 17.7 Å². The topological polar surface area (TPSA) is 87.2 Å². The number of aliphatic hydroxyl groups is 1. The summed E-state index contributed by atoms with van der Waals surface area (Å²) in [6, 6.07) is 5.47. The van der Waals surface area contributed by atoms with Crippen LogP contribution in [0.5, 0.6) is 0 Å². The lowest BCUT2D eigenvalue weighted by Gasteiger charge is -2.26. The van der Waals surface area contributed by atoms with E-state index in [-0.39, 0.29) is 5.56 Å². The van der Waals surface area contributed by atoms with Crippen molar-refractivity contribution in [2.45, 2.75) is 11.8 Å². The fourth-order valence-corrected chi connectivity index (χ4v) is 1.35. The number of halogens is 3. The SMILES string of the molecule is N#Cc1ccc([C@](O)(C[N+](=O)[O-])C(F)(F)F)cc1. The maximum absolute atomic E-state index is 12.7. The molecule has 0 saturated carbocycles. The maximum Gasteiger partial charge on any atom is 0.428 e. The molecule has 1 aromatic rings. The predicted molar refractivity (Wildman–Crippen MR) is 53.0 cm³/mol. The molecular formula is C10H7F3N2O3. The summed E-state index contributed by atoms with van der Waals surface area (Å²) in [6.45, 7) is -1.69. The minimum absolute atomic E-state index is 0.0874. The van der Waals surface area contributed by atoms with Gasteiger partial charge in [0.2, 0.25) is 6.54 Å². The highest BCUT2D eigenvalue weighted by Crippen LogP contribution is 2.39. The first-order valence-corrected chi connectivity index (χ1v) is 4.62. The van der Waals surface area contributed by atoms with E-state index >= 15 is 0 Å². The van der Waals surface area contributed by atoms with E-state index in [1.165, 1.54) is 0 Å². The zero-order valence-corrected chi connectivity index (χ0v) is 8.81. The molecule has 0 radical (unpaired) electrons. The summed E-state index contributed by atoms with van der Waals surface area (Å²) in [5, 5.41) is 28.2. The van der Waals surface area contributed by atoms with Gasteiger partial charge < -0.3 is 5.11 Å². The number of rotatable bonds is 3.